The Labute approximate surface area is 106 Å². The van der Waals surface area contributed by atoms with Crippen molar-refractivity contribution < 1.29 is 14.6 Å². The van der Waals surface area contributed by atoms with Crippen molar-refractivity contribution >= 4 is 11.6 Å². The zero-order valence-electron chi connectivity index (χ0n) is 10.3. The Hall–Kier alpha value is -1.75. The van der Waals surface area contributed by atoms with Gasteiger partial charge in [-0.1, -0.05) is 12.1 Å². The molecule has 1 aromatic carbocycles. The number of rotatable bonds is 4. The standard InChI is InChI=1S/C13H18N2O3/c1-9(16)6-7-14-13(17)12-8-15-10-4-2-3-5-11(10)18-12/h2-5,9,12,15-16H,6-8H2,1H3,(H,14,17). The summed E-state index contributed by atoms with van der Waals surface area (Å²) in [4.78, 5) is 11.8. The molecule has 0 aromatic heterocycles. The molecule has 0 spiro atoms. The molecule has 0 fully saturated rings. The van der Waals surface area contributed by atoms with E-state index in [-0.39, 0.29) is 5.91 Å². The number of anilines is 1. The molecule has 1 heterocycles. The number of carbonyl (C=O) groups excluding carboxylic acids is 1. The second-order valence-electron chi connectivity index (χ2n) is 4.41. The minimum absolute atomic E-state index is 0.155. The maximum Gasteiger partial charge on any atom is 0.262 e. The monoisotopic (exact) mass is 250 g/mol. The summed E-state index contributed by atoms with van der Waals surface area (Å²) < 4.78 is 5.61. The second-order valence-corrected chi connectivity index (χ2v) is 4.41. The Morgan fingerprint density at radius 1 is 1.61 bits per heavy atom. The van der Waals surface area contributed by atoms with E-state index in [0.29, 0.717) is 25.3 Å². The van der Waals surface area contributed by atoms with E-state index in [9.17, 15) is 4.79 Å². The Kier molecular flexibility index (Phi) is 4.04. The van der Waals surface area contributed by atoms with Crippen molar-refractivity contribution in [2.75, 3.05) is 18.4 Å². The van der Waals surface area contributed by atoms with E-state index in [1.807, 2.05) is 24.3 Å². The van der Waals surface area contributed by atoms with Crippen LogP contribution in [-0.2, 0) is 4.79 Å². The normalized spacial score (nSPS) is 19.1. The van der Waals surface area contributed by atoms with Gasteiger partial charge in [0, 0.05) is 6.54 Å². The van der Waals surface area contributed by atoms with Crippen LogP contribution >= 0.6 is 0 Å². The lowest BCUT2D eigenvalue weighted by Crippen LogP contribution is -2.45. The van der Waals surface area contributed by atoms with Crippen LogP contribution in [0.1, 0.15) is 13.3 Å². The SMILES string of the molecule is CC(O)CCNC(=O)C1CNc2ccccc2O1. The van der Waals surface area contributed by atoms with E-state index in [2.05, 4.69) is 10.6 Å². The second kappa shape index (κ2) is 5.73. The minimum Gasteiger partial charge on any atom is -0.477 e. The van der Waals surface area contributed by atoms with Crippen molar-refractivity contribution in [1.82, 2.24) is 5.32 Å². The van der Waals surface area contributed by atoms with Gasteiger partial charge in [-0.25, -0.2) is 0 Å². The summed E-state index contributed by atoms with van der Waals surface area (Å²) >= 11 is 0. The number of aliphatic hydroxyl groups excluding tert-OH is 1. The zero-order valence-corrected chi connectivity index (χ0v) is 10.3. The zero-order chi connectivity index (χ0) is 13.0. The van der Waals surface area contributed by atoms with Crippen molar-refractivity contribution in [2.45, 2.75) is 25.6 Å². The number of ether oxygens (including phenoxy) is 1. The van der Waals surface area contributed by atoms with Gasteiger partial charge in [0.1, 0.15) is 5.75 Å². The van der Waals surface area contributed by atoms with Crippen LogP contribution in [0.4, 0.5) is 5.69 Å². The highest BCUT2D eigenvalue weighted by molar-refractivity contribution is 5.83. The van der Waals surface area contributed by atoms with E-state index in [4.69, 9.17) is 9.84 Å². The molecule has 98 valence electrons. The predicted molar refractivity (Wildman–Crippen MR) is 68.7 cm³/mol. The maximum atomic E-state index is 11.8. The highest BCUT2D eigenvalue weighted by Gasteiger charge is 2.25. The van der Waals surface area contributed by atoms with Crippen LogP contribution in [0, 0.1) is 0 Å². The van der Waals surface area contributed by atoms with Gasteiger partial charge in [0.25, 0.3) is 5.91 Å². The molecule has 0 bridgehead atoms. The fraction of sp³-hybridized carbons (Fsp3) is 0.462. The summed E-state index contributed by atoms with van der Waals surface area (Å²) in [6.07, 6.45) is -0.382. The van der Waals surface area contributed by atoms with Gasteiger partial charge in [0.2, 0.25) is 0 Å². The van der Waals surface area contributed by atoms with Crippen LogP contribution in [0.2, 0.25) is 0 Å². The maximum absolute atomic E-state index is 11.8. The van der Waals surface area contributed by atoms with Crippen LogP contribution in [0.15, 0.2) is 24.3 Å². The first-order valence-corrected chi connectivity index (χ1v) is 6.12. The minimum atomic E-state index is -0.520. The molecule has 1 aromatic rings. The van der Waals surface area contributed by atoms with Crippen molar-refractivity contribution in [3.05, 3.63) is 24.3 Å². The number of hydrogen-bond acceptors (Lipinski definition) is 4. The van der Waals surface area contributed by atoms with Gasteiger partial charge >= 0.3 is 0 Å². The Bertz CT molecular complexity index is 420. The van der Waals surface area contributed by atoms with Gasteiger partial charge in [0.15, 0.2) is 6.10 Å². The Morgan fingerprint density at radius 3 is 3.17 bits per heavy atom. The molecular weight excluding hydrogens is 232 g/mol. The van der Waals surface area contributed by atoms with Gasteiger partial charge in [-0.2, -0.15) is 0 Å². The van der Waals surface area contributed by atoms with Gasteiger partial charge < -0.3 is 20.5 Å². The van der Waals surface area contributed by atoms with Crippen LogP contribution in [0.25, 0.3) is 0 Å². The molecule has 1 aliphatic heterocycles. The topological polar surface area (TPSA) is 70.6 Å². The molecule has 5 nitrogen and oxygen atoms in total. The lowest BCUT2D eigenvalue weighted by molar-refractivity contribution is -0.127. The van der Waals surface area contributed by atoms with Crippen LogP contribution < -0.4 is 15.4 Å². The van der Waals surface area contributed by atoms with Crippen molar-refractivity contribution in [3.8, 4) is 5.75 Å². The third-order valence-electron chi connectivity index (χ3n) is 2.79. The molecule has 2 atom stereocenters. The van der Waals surface area contributed by atoms with Crippen molar-refractivity contribution in [1.29, 1.82) is 0 Å². The predicted octanol–water partition coefficient (Wildman–Crippen LogP) is 0.747. The van der Waals surface area contributed by atoms with Crippen molar-refractivity contribution in [2.24, 2.45) is 0 Å². The summed E-state index contributed by atoms with van der Waals surface area (Å²) in [6.45, 7) is 2.61. The van der Waals surface area contributed by atoms with Crippen LogP contribution in [-0.4, -0.2) is 36.3 Å². The number of fused-ring (bicyclic) bond motifs is 1. The Morgan fingerprint density at radius 2 is 2.39 bits per heavy atom. The molecular formula is C13H18N2O3. The summed E-state index contributed by atoms with van der Waals surface area (Å²) in [5.41, 5.74) is 0.908. The van der Waals surface area contributed by atoms with Crippen LogP contribution in [0.3, 0.4) is 0 Å². The average molecular weight is 250 g/mol. The summed E-state index contributed by atoms with van der Waals surface area (Å²) in [7, 11) is 0. The molecule has 0 saturated carbocycles. The van der Waals surface area contributed by atoms with Gasteiger partial charge in [-0.05, 0) is 25.5 Å². The highest BCUT2D eigenvalue weighted by Crippen LogP contribution is 2.28. The van der Waals surface area contributed by atoms with E-state index in [1.54, 1.807) is 6.92 Å². The smallest absolute Gasteiger partial charge is 0.262 e. The molecule has 2 rings (SSSR count). The molecule has 2 unspecified atom stereocenters. The lowest BCUT2D eigenvalue weighted by atomic mass is 10.2. The van der Waals surface area contributed by atoms with Gasteiger partial charge in [-0.15, -0.1) is 0 Å². The highest BCUT2D eigenvalue weighted by atomic mass is 16.5. The summed E-state index contributed by atoms with van der Waals surface area (Å²) in [5, 5.41) is 15.0. The quantitative estimate of drug-likeness (QED) is 0.737. The number of para-hydroxylation sites is 2. The fourth-order valence-corrected chi connectivity index (χ4v) is 1.78. The summed E-state index contributed by atoms with van der Waals surface area (Å²) in [5.74, 6) is 0.539. The molecule has 1 amide bonds. The number of nitrogens with one attached hydrogen (secondary N) is 2. The Balaban J connectivity index is 1.87. The van der Waals surface area contributed by atoms with Gasteiger partial charge in [-0.3, -0.25) is 4.79 Å². The number of amides is 1. The average Bonchev–Trinajstić information content (AvgIpc) is 2.37. The molecule has 0 aliphatic carbocycles. The van der Waals surface area contributed by atoms with Crippen molar-refractivity contribution in [3.63, 3.8) is 0 Å². The van der Waals surface area contributed by atoms with E-state index in [1.165, 1.54) is 0 Å². The van der Waals surface area contributed by atoms with E-state index in [0.717, 1.165) is 5.69 Å². The molecule has 5 heteroatoms. The summed E-state index contributed by atoms with van der Waals surface area (Å²) in [6, 6.07) is 7.53. The van der Waals surface area contributed by atoms with E-state index < -0.39 is 12.2 Å². The first-order chi connectivity index (χ1) is 8.66. The molecule has 0 radical (unpaired) electrons. The molecule has 1 aliphatic rings. The third kappa shape index (κ3) is 3.13. The fourth-order valence-electron chi connectivity index (χ4n) is 1.78. The first kappa shape index (κ1) is 12.7. The number of carbonyl (C=O) groups is 1. The molecule has 0 saturated heterocycles. The molecule has 18 heavy (non-hydrogen) atoms. The number of hydrogen-bond donors (Lipinski definition) is 3. The van der Waals surface area contributed by atoms with Crippen LogP contribution in [0.5, 0.6) is 5.75 Å². The first-order valence-electron chi connectivity index (χ1n) is 6.12. The number of aliphatic hydroxyl groups is 1. The third-order valence-corrected chi connectivity index (χ3v) is 2.79. The lowest BCUT2D eigenvalue weighted by Gasteiger charge is -2.26. The molecule has 3 N–H and O–H groups in total. The number of benzene rings is 1. The largest absolute Gasteiger partial charge is 0.477 e. The van der Waals surface area contributed by atoms with Gasteiger partial charge in [0.05, 0.1) is 18.3 Å². The van der Waals surface area contributed by atoms with E-state index >= 15 is 0 Å².